The third kappa shape index (κ3) is 4.86. The van der Waals surface area contributed by atoms with Crippen LogP contribution in [0.25, 0.3) is 0 Å². The number of rotatable bonds is 5. The molecule has 7 nitrogen and oxygen atoms in total. The van der Waals surface area contributed by atoms with E-state index in [9.17, 15) is 22.8 Å². The molecule has 34 heavy (non-hydrogen) atoms. The Kier molecular flexibility index (Phi) is 6.53. The molecule has 1 fully saturated rings. The Bertz CT molecular complexity index is 1060. The van der Waals surface area contributed by atoms with Crippen LogP contribution in [0.15, 0.2) is 42.7 Å². The highest BCUT2D eigenvalue weighted by Crippen LogP contribution is 2.45. The quantitative estimate of drug-likeness (QED) is 0.381. The van der Waals surface area contributed by atoms with Gasteiger partial charge in [0.1, 0.15) is 11.8 Å². The molecule has 1 amide bonds. The third-order valence-electron chi connectivity index (χ3n) is 7.16. The zero-order chi connectivity index (χ0) is 24.5. The molecular weight excluding hydrogens is 451 g/mol. The first kappa shape index (κ1) is 24.0. The topological polar surface area (TPSA) is 79.7 Å². The molecular formula is C24H27F3N3O4+. The van der Waals surface area contributed by atoms with Crippen LogP contribution in [0.5, 0.6) is 5.75 Å². The van der Waals surface area contributed by atoms with Crippen LogP contribution in [-0.4, -0.2) is 59.0 Å². The highest BCUT2D eigenvalue weighted by Gasteiger charge is 2.52. The molecule has 2 aromatic rings. The molecule has 1 aromatic heterocycles. The fourth-order valence-electron chi connectivity index (χ4n) is 5.47. The molecule has 4 rings (SSSR count). The lowest BCUT2D eigenvalue weighted by Crippen LogP contribution is -2.61. The van der Waals surface area contributed by atoms with Gasteiger partial charge < -0.3 is 14.7 Å². The van der Waals surface area contributed by atoms with E-state index in [1.807, 2.05) is 12.1 Å². The number of fused-ring (bicyclic) bond motifs is 1. The molecule has 2 atom stereocenters. The molecule has 2 aliphatic rings. The highest BCUT2D eigenvalue weighted by molar-refractivity contribution is 5.70. The molecule has 2 heterocycles. The number of quaternary nitrogens is 1. The Labute approximate surface area is 195 Å². The van der Waals surface area contributed by atoms with Crippen molar-refractivity contribution < 1.29 is 37.1 Å². The number of piperidine rings is 1. The number of amides is 1. The van der Waals surface area contributed by atoms with Gasteiger partial charge in [0.25, 0.3) is 0 Å². The van der Waals surface area contributed by atoms with Gasteiger partial charge in [-0.1, -0.05) is 6.07 Å². The zero-order valence-electron chi connectivity index (χ0n) is 18.8. The van der Waals surface area contributed by atoms with Crippen LogP contribution in [0.3, 0.4) is 0 Å². The Morgan fingerprint density at radius 2 is 1.82 bits per heavy atom. The van der Waals surface area contributed by atoms with Crippen molar-refractivity contribution in [1.29, 1.82) is 0 Å². The number of halogens is 3. The molecule has 10 heteroatoms. The number of pyridine rings is 1. The molecule has 1 aliphatic carbocycles. The van der Waals surface area contributed by atoms with Crippen LogP contribution in [0, 0.1) is 0 Å². The fraction of sp³-hybridized carbons (Fsp3) is 0.458. The number of hydrogen-bond donors (Lipinski definition) is 1. The Hall–Kier alpha value is -3.14. The van der Waals surface area contributed by atoms with Gasteiger partial charge in [0.05, 0.1) is 13.1 Å². The van der Waals surface area contributed by atoms with Gasteiger partial charge in [-0.15, -0.1) is 0 Å². The van der Waals surface area contributed by atoms with Crippen LogP contribution >= 0.6 is 0 Å². The van der Waals surface area contributed by atoms with E-state index in [-0.39, 0.29) is 16.3 Å². The predicted octanol–water partition coefficient (Wildman–Crippen LogP) is 4.72. The number of aryl methyl sites for hydroxylation is 1. The first-order valence-corrected chi connectivity index (χ1v) is 11.2. The van der Waals surface area contributed by atoms with Crippen LogP contribution in [0.1, 0.15) is 42.9 Å². The van der Waals surface area contributed by atoms with Gasteiger partial charge >= 0.3 is 18.2 Å². The maximum atomic E-state index is 13.3. The number of carbonyl (C=O) groups is 2. The summed E-state index contributed by atoms with van der Waals surface area (Å²) in [5.74, 6) is -0.766. The third-order valence-corrected chi connectivity index (χ3v) is 7.16. The molecule has 0 radical (unpaired) electrons. The van der Waals surface area contributed by atoms with E-state index in [4.69, 9.17) is 9.84 Å². The second-order valence-corrected chi connectivity index (χ2v) is 9.04. The number of carbonyl (C=O) groups excluding carboxylic acids is 1. The molecule has 1 N–H and O–H groups in total. The Balaban J connectivity index is 1.65. The van der Waals surface area contributed by atoms with Gasteiger partial charge in [0.2, 0.25) is 0 Å². The lowest BCUT2D eigenvalue weighted by atomic mass is 9.94. The molecule has 182 valence electrons. The van der Waals surface area contributed by atoms with Crippen LogP contribution in [-0.2, 0) is 11.2 Å². The number of ether oxygens (including phenoxy) is 1. The summed E-state index contributed by atoms with van der Waals surface area (Å²) in [5, 5.41) is 8.97. The minimum atomic E-state index is -4.61. The van der Waals surface area contributed by atoms with E-state index in [2.05, 4.69) is 9.88 Å². The summed E-state index contributed by atoms with van der Waals surface area (Å²) in [6, 6.07) is 7.81. The SMILES string of the molecule is C[N+](C(=O)CC(F)(F)F)(C1CCN(c2ccncc2)CC1)[C@@H]1CCc2ccc(OC(=O)O)cc21. The maximum Gasteiger partial charge on any atom is 0.511 e. The summed E-state index contributed by atoms with van der Waals surface area (Å²) >= 11 is 0. The monoisotopic (exact) mass is 478 g/mol. The second-order valence-electron chi connectivity index (χ2n) is 9.04. The number of carboxylic acid groups (broad SMARTS) is 1. The van der Waals surface area contributed by atoms with Crippen molar-refractivity contribution in [3.8, 4) is 5.75 Å². The maximum absolute atomic E-state index is 13.3. The predicted molar refractivity (Wildman–Crippen MR) is 117 cm³/mol. The number of hydrogen-bond acceptors (Lipinski definition) is 5. The Morgan fingerprint density at radius 1 is 1.15 bits per heavy atom. The molecule has 1 aromatic carbocycles. The van der Waals surface area contributed by atoms with Crippen molar-refractivity contribution >= 4 is 17.7 Å². The highest BCUT2D eigenvalue weighted by atomic mass is 19.4. The zero-order valence-corrected chi connectivity index (χ0v) is 18.8. The minimum Gasteiger partial charge on any atom is -0.449 e. The van der Waals surface area contributed by atoms with Gasteiger partial charge in [-0.25, -0.2) is 9.59 Å². The van der Waals surface area contributed by atoms with Crippen molar-refractivity contribution in [3.63, 3.8) is 0 Å². The first-order chi connectivity index (χ1) is 16.1. The second kappa shape index (κ2) is 9.25. The molecule has 0 saturated carbocycles. The summed E-state index contributed by atoms with van der Waals surface area (Å²) in [6.07, 6.45) is -1.95. The first-order valence-electron chi connectivity index (χ1n) is 11.2. The molecule has 0 spiro atoms. The van der Waals surface area contributed by atoms with Gasteiger partial charge in [-0.05, 0) is 36.2 Å². The lowest BCUT2D eigenvalue weighted by Gasteiger charge is -2.47. The van der Waals surface area contributed by atoms with E-state index < -0.39 is 30.7 Å². The fourth-order valence-corrected chi connectivity index (χ4v) is 5.47. The largest absolute Gasteiger partial charge is 0.511 e. The average Bonchev–Trinajstić information content (AvgIpc) is 3.21. The summed E-state index contributed by atoms with van der Waals surface area (Å²) in [5.41, 5.74) is 2.58. The minimum absolute atomic E-state index is 0.0977. The van der Waals surface area contributed by atoms with Gasteiger partial charge in [0, 0.05) is 56.0 Å². The van der Waals surface area contributed by atoms with Crippen LogP contribution in [0.2, 0.25) is 0 Å². The van der Waals surface area contributed by atoms with E-state index in [0.29, 0.717) is 44.3 Å². The van der Waals surface area contributed by atoms with E-state index in [0.717, 1.165) is 11.3 Å². The van der Waals surface area contributed by atoms with Crippen molar-refractivity contribution in [1.82, 2.24) is 4.98 Å². The van der Waals surface area contributed by atoms with Crippen molar-refractivity contribution in [3.05, 3.63) is 53.9 Å². The van der Waals surface area contributed by atoms with Gasteiger partial charge in [-0.2, -0.15) is 13.2 Å². The summed E-state index contributed by atoms with van der Waals surface area (Å²) in [6.45, 7) is 1.23. The summed E-state index contributed by atoms with van der Waals surface area (Å²) in [4.78, 5) is 30.5. The van der Waals surface area contributed by atoms with Gasteiger partial charge in [-0.3, -0.25) is 9.47 Å². The van der Waals surface area contributed by atoms with Crippen molar-refractivity contribution in [2.24, 2.45) is 0 Å². The van der Waals surface area contributed by atoms with E-state index in [1.165, 1.54) is 6.07 Å². The van der Waals surface area contributed by atoms with E-state index >= 15 is 0 Å². The van der Waals surface area contributed by atoms with Gasteiger partial charge in [0.15, 0.2) is 6.42 Å². The number of nitrogens with zero attached hydrogens (tertiary/aromatic N) is 3. The van der Waals surface area contributed by atoms with Crippen molar-refractivity contribution in [2.75, 3.05) is 25.0 Å². The van der Waals surface area contributed by atoms with Crippen LogP contribution < -0.4 is 9.64 Å². The van der Waals surface area contributed by atoms with E-state index in [1.54, 1.807) is 31.6 Å². The lowest BCUT2D eigenvalue weighted by molar-refractivity contribution is -0.892. The number of aromatic nitrogens is 1. The summed E-state index contributed by atoms with van der Waals surface area (Å²) < 4.78 is 44.5. The normalized spacial score (nSPS) is 20.5. The molecule has 1 unspecified atom stereocenters. The number of anilines is 1. The smallest absolute Gasteiger partial charge is 0.449 e. The molecule has 0 bridgehead atoms. The molecule has 1 aliphatic heterocycles. The Morgan fingerprint density at radius 3 is 2.44 bits per heavy atom. The summed E-state index contributed by atoms with van der Waals surface area (Å²) in [7, 11) is 1.62. The standard InChI is InChI=1S/C24H26F3N3O4/c1-30(22(31)15-24(25,26)27,18-8-12-29(13-9-18)17-6-10-28-11-7-17)21-5-3-16-2-4-19(14-20(16)21)34-23(32)33/h2,4,6-7,10-11,14,18,21H,3,5,8-9,12-13,15H2,1H3/p+1/t21-,30?/m1/s1. The number of benzene rings is 1. The van der Waals surface area contributed by atoms with Crippen molar-refractivity contribution in [2.45, 2.75) is 50.4 Å². The van der Waals surface area contributed by atoms with Crippen LogP contribution in [0.4, 0.5) is 23.7 Å². The average molecular weight is 478 g/mol. The molecule has 1 saturated heterocycles. The number of alkyl halides is 3.